The van der Waals surface area contributed by atoms with Gasteiger partial charge in [0.05, 0.1) is 16.1 Å². The Morgan fingerprint density at radius 2 is 1.43 bits per heavy atom. The SMILES string of the molecule is O=C(Cn1nc(C(=O)O)c2ccccc2c1=O)Nc1cc2c(cc1Cl)C(=O)c1ccccc1C2=O. The van der Waals surface area contributed by atoms with E-state index in [1.54, 1.807) is 36.4 Å². The molecule has 0 atom stereocenters. The first-order valence-corrected chi connectivity index (χ1v) is 10.7. The average Bonchev–Trinajstić information content (AvgIpc) is 2.85. The number of anilines is 1. The minimum Gasteiger partial charge on any atom is -0.476 e. The zero-order valence-electron chi connectivity index (χ0n) is 17.7. The molecule has 4 aromatic rings. The Morgan fingerprint density at radius 3 is 2.06 bits per heavy atom. The number of hydrogen-bond acceptors (Lipinski definition) is 6. The molecule has 5 rings (SSSR count). The summed E-state index contributed by atoms with van der Waals surface area (Å²) in [7, 11) is 0. The zero-order chi connectivity index (χ0) is 24.9. The summed E-state index contributed by atoms with van der Waals surface area (Å²) in [5, 5.41) is 16.1. The molecule has 0 radical (unpaired) electrons. The van der Waals surface area contributed by atoms with Crippen LogP contribution >= 0.6 is 11.6 Å². The van der Waals surface area contributed by atoms with Crippen LogP contribution in [0.5, 0.6) is 0 Å². The van der Waals surface area contributed by atoms with Crippen molar-refractivity contribution in [3.8, 4) is 0 Å². The third kappa shape index (κ3) is 3.68. The number of carboxylic acids is 1. The third-order valence-corrected chi connectivity index (χ3v) is 5.96. The molecule has 0 unspecified atom stereocenters. The van der Waals surface area contributed by atoms with E-state index in [1.807, 2.05) is 0 Å². The molecule has 172 valence electrons. The normalized spacial score (nSPS) is 12.3. The fraction of sp³-hybridized carbons (Fsp3) is 0.0400. The van der Waals surface area contributed by atoms with Crippen molar-refractivity contribution in [1.29, 1.82) is 0 Å². The van der Waals surface area contributed by atoms with Gasteiger partial charge in [0.15, 0.2) is 17.3 Å². The number of aromatic nitrogens is 2. The fourth-order valence-electron chi connectivity index (χ4n) is 4.04. The number of amides is 1. The summed E-state index contributed by atoms with van der Waals surface area (Å²) in [6.45, 7) is -0.604. The molecular formula is C25H14ClN3O6. The molecule has 0 spiro atoms. The van der Waals surface area contributed by atoms with Crippen LogP contribution in [0.25, 0.3) is 10.8 Å². The van der Waals surface area contributed by atoms with Crippen LogP contribution in [0.2, 0.25) is 5.02 Å². The van der Waals surface area contributed by atoms with Crippen LogP contribution in [-0.4, -0.2) is 38.3 Å². The van der Waals surface area contributed by atoms with Crippen LogP contribution in [0.15, 0.2) is 65.5 Å². The van der Waals surface area contributed by atoms with Crippen LogP contribution in [-0.2, 0) is 11.3 Å². The van der Waals surface area contributed by atoms with E-state index in [-0.39, 0.29) is 61.0 Å². The first kappa shape index (κ1) is 22.2. The summed E-state index contributed by atoms with van der Waals surface area (Å²) < 4.78 is 0.748. The van der Waals surface area contributed by atoms with Crippen molar-refractivity contribution >= 4 is 51.5 Å². The Labute approximate surface area is 201 Å². The second-order valence-corrected chi connectivity index (χ2v) is 8.20. The minimum absolute atomic E-state index is 0.0164. The summed E-state index contributed by atoms with van der Waals surface area (Å²) in [4.78, 5) is 62.9. The van der Waals surface area contributed by atoms with Gasteiger partial charge in [-0.05, 0) is 18.2 Å². The van der Waals surface area contributed by atoms with E-state index in [0.29, 0.717) is 0 Å². The second-order valence-electron chi connectivity index (χ2n) is 7.79. The van der Waals surface area contributed by atoms with Crippen LogP contribution in [0, 0.1) is 0 Å². The van der Waals surface area contributed by atoms with Crippen LogP contribution in [0.3, 0.4) is 0 Å². The average molecular weight is 488 g/mol. The number of ketones is 2. The molecule has 1 aliphatic carbocycles. The predicted octanol–water partition coefficient (Wildman–Crippen LogP) is 3.16. The van der Waals surface area contributed by atoms with Crippen molar-refractivity contribution in [1.82, 2.24) is 9.78 Å². The highest BCUT2D eigenvalue weighted by Crippen LogP contribution is 2.33. The topological polar surface area (TPSA) is 135 Å². The highest BCUT2D eigenvalue weighted by atomic mass is 35.5. The number of halogens is 1. The van der Waals surface area contributed by atoms with Crippen molar-refractivity contribution in [3.05, 3.63) is 104 Å². The summed E-state index contributed by atoms with van der Waals surface area (Å²) in [5.74, 6) is -2.83. The second kappa shape index (κ2) is 8.30. The molecule has 1 aromatic heterocycles. The van der Waals surface area contributed by atoms with Gasteiger partial charge < -0.3 is 10.4 Å². The molecule has 0 fully saturated rings. The smallest absolute Gasteiger partial charge is 0.357 e. The van der Waals surface area contributed by atoms with Gasteiger partial charge in [-0.3, -0.25) is 19.2 Å². The number of nitrogens with zero attached hydrogens (tertiary/aromatic N) is 2. The van der Waals surface area contributed by atoms with Crippen LogP contribution in [0.1, 0.15) is 42.3 Å². The highest BCUT2D eigenvalue weighted by Gasteiger charge is 2.30. The maximum Gasteiger partial charge on any atom is 0.357 e. The maximum absolute atomic E-state index is 12.9. The summed E-state index contributed by atoms with van der Waals surface area (Å²) in [6, 6.07) is 15.1. The lowest BCUT2D eigenvalue weighted by Crippen LogP contribution is -2.31. The van der Waals surface area contributed by atoms with Gasteiger partial charge in [0.1, 0.15) is 6.54 Å². The van der Waals surface area contributed by atoms with Crippen molar-refractivity contribution < 1.29 is 24.3 Å². The van der Waals surface area contributed by atoms with E-state index in [0.717, 1.165) is 4.68 Å². The Kier molecular flexibility index (Phi) is 5.26. The Bertz CT molecular complexity index is 1670. The van der Waals surface area contributed by atoms with Gasteiger partial charge in [0, 0.05) is 27.6 Å². The van der Waals surface area contributed by atoms with Crippen molar-refractivity contribution in [2.24, 2.45) is 0 Å². The number of carbonyl (C=O) groups excluding carboxylic acids is 3. The van der Waals surface area contributed by atoms with Gasteiger partial charge in [-0.15, -0.1) is 0 Å². The van der Waals surface area contributed by atoms with E-state index in [9.17, 15) is 29.1 Å². The van der Waals surface area contributed by atoms with Crippen molar-refractivity contribution in [2.75, 3.05) is 5.32 Å². The summed E-state index contributed by atoms with van der Waals surface area (Å²) in [5.41, 5.74) is -0.232. The quantitative estimate of drug-likeness (QED) is 0.397. The summed E-state index contributed by atoms with van der Waals surface area (Å²) >= 11 is 6.28. The molecule has 0 aliphatic heterocycles. The number of carboxylic acid groups (broad SMARTS) is 1. The van der Waals surface area contributed by atoms with Gasteiger partial charge in [0.2, 0.25) is 5.91 Å². The standard InChI is InChI=1S/C25H14ClN3O6/c26-18-9-16-17(23(32)14-7-3-2-6-13(14)22(16)31)10-19(18)27-20(30)11-29-24(33)15-8-4-1-5-12(15)21(28-29)25(34)35/h1-10H,11H2,(H,27,30)(H,34,35). The largest absolute Gasteiger partial charge is 0.476 e. The summed E-state index contributed by atoms with van der Waals surface area (Å²) in [6.07, 6.45) is 0. The number of carbonyl (C=O) groups is 4. The van der Waals surface area contributed by atoms with E-state index < -0.39 is 24.0 Å². The van der Waals surface area contributed by atoms with E-state index in [4.69, 9.17) is 11.6 Å². The van der Waals surface area contributed by atoms with E-state index >= 15 is 0 Å². The molecule has 0 saturated carbocycles. The Balaban J connectivity index is 1.48. The van der Waals surface area contributed by atoms with Crippen molar-refractivity contribution in [2.45, 2.75) is 6.54 Å². The molecule has 1 aliphatic rings. The van der Waals surface area contributed by atoms with Gasteiger partial charge in [-0.2, -0.15) is 5.10 Å². The lowest BCUT2D eigenvalue weighted by atomic mass is 9.84. The number of aromatic carboxylic acids is 1. The van der Waals surface area contributed by atoms with Gasteiger partial charge in [-0.25, -0.2) is 9.48 Å². The fourth-order valence-corrected chi connectivity index (χ4v) is 4.25. The Morgan fingerprint density at radius 1 is 0.857 bits per heavy atom. The van der Waals surface area contributed by atoms with Gasteiger partial charge in [0.25, 0.3) is 5.56 Å². The molecule has 35 heavy (non-hydrogen) atoms. The molecule has 1 heterocycles. The third-order valence-electron chi connectivity index (χ3n) is 5.65. The molecule has 10 heteroatoms. The van der Waals surface area contributed by atoms with E-state index in [2.05, 4.69) is 10.4 Å². The van der Waals surface area contributed by atoms with Crippen molar-refractivity contribution in [3.63, 3.8) is 0 Å². The molecule has 0 saturated heterocycles. The minimum atomic E-state index is -1.35. The lowest BCUT2D eigenvalue weighted by molar-refractivity contribution is -0.117. The Hall–Kier alpha value is -4.63. The molecule has 2 N–H and O–H groups in total. The highest BCUT2D eigenvalue weighted by molar-refractivity contribution is 6.36. The maximum atomic E-state index is 12.9. The molecule has 9 nitrogen and oxygen atoms in total. The van der Waals surface area contributed by atoms with E-state index in [1.165, 1.54) is 24.3 Å². The predicted molar refractivity (Wildman–Crippen MR) is 126 cm³/mol. The number of benzene rings is 3. The first-order valence-electron chi connectivity index (χ1n) is 10.3. The number of fused-ring (bicyclic) bond motifs is 3. The number of hydrogen-bond donors (Lipinski definition) is 2. The van der Waals surface area contributed by atoms with Crippen LogP contribution in [0.4, 0.5) is 5.69 Å². The molecular weight excluding hydrogens is 474 g/mol. The van der Waals surface area contributed by atoms with Gasteiger partial charge in [-0.1, -0.05) is 54.1 Å². The lowest BCUT2D eigenvalue weighted by Gasteiger charge is -2.19. The number of nitrogens with one attached hydrogen (secondary N) is 1. The molecule has 1 amide bonds. The first-order chi connectivity index (χ1) is 16.8. The number of rotatable bonds is 4. The van der Waals surface area contributed by atoms with Crippen LogP contribution < -0.4 is 10.9 Å². The monoisotopic (exact) mass is 487 g/mol. The zero-order valence-corrected chi connectivity index (χ0v) is 18.5. The molecule has 3 aromatic carbocycles. The van der Waals surface area contributed by atoms with Gasteiger partial charge >= 0.3 is 5.97 Å². The molecule has 0 bridgehead atoms.